The van der Waals surface area contributed by atoms with E-state index in [1.165, 1.54) is 37.4 Å². The Kier molecular flexibility index (Phi) is 7.21. The van der Waals surface area contributed by atoms with Crippen LogP contribution in [0, 0.1) is 5.82 Å². The van der Waals surface area contributed by atoms with Crippen molar-refractivity contribution in [1.82, 2.24) is 14.7 Å². The van der Waals surface area contributed by atoms with Gasteiger partial charge in [0.1, 0.15) is 22.9 Å². The summed E-state index contributed by atoms with van der Waals surface area (Å²) >= 11 is 6.83. The standard InChI is InChI=1S/C23H22ClFN4O5S2/c1-12(2)33-18-9-15-17(10-16(18)29(36(4,31)32)11-19-27-23(24)35-28-19)34-21(20(15)22(30)26-3)13-5-7-14(25)8-6-13/h5-10,12H,11H2,1-4H3,(H,26,30). The van der Waals surface area contributed by atoms with Crippen molar-refractivity contribution in [3.8, 4) is 17.1 Å². The van der Waals surface area contributed by atoms with E-state index in [-0.39, 0.29) is 51.3 Å². The van der Waals surface area contributed by atoms with E-state index in [1.807, 2.05) is 0 Å². The van der Waals surface area contributed by atoms with E-state index in [1.54, 1.807) is 19.9 Å². The van der Waals surface area contributed by atoms with Gasteiger partial charge in [-0.15, -0.1) is 0 Å². The molecule has 13 heteroatoms. The number of carbonyl (C=O) groups excluding carboxylic acids is 1. The second kappa shape index (κ2) is 10.0. The third-order valence-electron chi connectivity index (χ3n) is 5.09. The maximum Gasteiger partial charge on any atom is 0.255 e. The highest BCUT2D eigenvalue weighted by Gasteiger charge is 2.28. The summed E-state index contributed by atoms with van der Waals surface area (Å²) in [7, 11) is -2.36. The maximum atomic E-state index is 13.5. The lowest BCUT2D eigenvalue weighted by atomic mass is 10.0. The molecule has 0 atom stereocenters. The summed E-state index contributed by atoms with van der Waals surface area (Å²) in [5, 5.41) is 2.99. The summed E-state index contributed by atoms with van der Waals surface area (Å²) in [5.74, 6) is -0.247. The highest BCUT2D eigenvalue weighted by atomic mass is 35.5. The first-order valence-corrected chi connectivity index (χ1v) is 13.7. The summed E-state index contributed by atoms with van der Waals surface area (Å²) in [6, 6.07) is 8.55. The maximum absolute atomic E-state index is 13.5. The number of fused-ring (bicyclic) bond motifs is 1. The number of hydrogen-bond acceptors (Lipinski definition) is 8. The molecule has 4 rings (SSSR count). The fourth-order valence-electron chi connectivity index (χ4n) is 3.62. The van der Waals surface area contributed by atoms with Gasteiger partial charge < -0.3 is 14.5 Å². The number of benzene rings is 2. The Hall–Kier alpha value is -3.22. The topological polar surface area (TPSA) is 115 Å². The highest BCUT2D eigenvalue weighted by Crippen LogP contribution is 2.41. The normalized spacial score (nSPS) is 11.8. The van der Waals surface area contributed by atoms with Gasteiger partial charge >= 0.3 is 0 Å². The smallest absolute Gasteiger partial charge is 0.255 e. The number of halogens is 2. The molecule has 0 fully saturated rings. The van der Waals surface area contributed by atoms with E-state index in [0.717, 1.165) is 22.1 Å². The number of hydrogen-bond donors (Lipinski definition) is 1. The van der Waals surface area contributed by atoms with Crippen molar-refractivity contribution < 1.29 is 26.8 Å². The fraction of sp³-hybridized carbons (Fsp3) is 0.261. The van der Waals surface area contributed by atoms with Gasteiger partial charge in [0.2, 0.25) is 14.5 Å². The number of amides is 1. The number of furan rings is 1. The predicted octanol–water partition coefficient (Wildman–Crippen LogP) is 4.86. The quantitative estimate of drug-likeness (QED) is 0.332. The molecule has 0 aliphatic carbocycles. The highest BCUT2D eigenvalue weighted by molar-refractivity contribution is 7.92. The Balaban J connectivity index is 1.98. The Morgan fingerprint density at radius 3 is 2.53 bits per heavy atom. The van der Waals surface area contributed by atoms with Crippen LogP contribution in [0.1, 0.15) is 30.0 Å². The number of nitrogens with one attached hydrogen (secondary N) is 1. The molecule has 2 heterocycles. The zero-order valence-electron chi connectivity index (χ0n) is 19.7. The molecule has 0 unspecified atom stereocenters. The third-order valence-corrected chi connectivity index (χ3v) is 7.05. The van der Waals surface area contributed by atoms with Crippen molar-refractivity contribution in [2.45, 2.75) is 26.5 Å². The molecule has 2 aromatic carbocycles. The van der Waals surface area contributed by atoms with Crippen LogP contribution in [0.15, 0.2) is 40.8 Å². The van der Waals surface area contributed by atoms with Gasteiger partial charge in [0.05, 0.1) is 30.2 Å². The lowest BCUT2D eigenvalue weighted by Gasteiger charge is -2.24. The third kappa shape index (κ3) is 5.30. The molecule has 0 saturated carbocycles. The van der Waals surface area contributed by atoms with Gasteiger partial charge in [0, 0.05) is 24.1 Å². The number of rotatable bonds is 8. The van der Waals surface area contributed by atoms with E-state index in [9.17, 15) is 17.6 Å². The van der Waals surface area contributed by atoms with Gasteiger partial charge in [-0.05, 0) is 67.3 Å². The molecule has 190 valence electrons. The second-order valence-electron chi connectivity index (χ2n) is 8.11. The Labute approximate surface area is 216 Å². The number of ether oxygens (including phenoxy) is 1. The molecular weight excluding hydrogens is 531 g/mol. The van der Waals surface area contributed by atoms with Gasteiger partial charge in [0.25, 0.3) is 5.91 Å². The zero-order valence-corrected chi connectivity index (χ0v) is 22.1. The first kappa shape index (κ1) is 25.9. The average molecular weight is 553 g/mol. The van der Waals surface area contributed by atoms with Gasteiger partial charge in [-0.1, -0.05) is 0 Å². The molecule has 0 bridgehead atoms. The molecule has 36 heavy (non-hydrogen) atoms. The molecule has 0 saturated heterocycles. The summed E-state index contributed by atoms with van der Waals surface area (Å²) in [5.41, 5.74) is 1.09. The summed E-state index contributed by atoms with van der Waals surface area (Å²) in [4.78, 5) is 16.9. The van der Waals surface area contributed by atoms with Crippen molar-refractivity contribution in [3.63, 3.8) is 0 Å². The van der Waals surface area contributed by atoms with Gasteiger partial charge in [-0.3, -0.25) is 9.10 Å². The van der Waals surface area contributed by atoms with Crippen LogP contribution in [0.4, 0.5) is 10.1 Å². The van der Waals surface area contributed by atoms with Crippen molar-refractivity contribution in [3.05, 3.63) is 58.1 Å². The van der Waals surface area contributed by atoms with Crippen LogP contribution in [0.25, 0.3) is 22.3 Å². The van der Waals surface area contributed by atoms with E-state index in [0.29, 0.717) is 10.9 Å². The fourth-order valence-corrected chi connectivity index (χ4v) is 5.09. The van der Waals surface area contributed by atoms with E-state index < -0.39 is 21.7 Å². The first-order chi connectivity index (χ1) is 17.0. The number of nitrogens with zero attached hydrogens (tertiary/aromatic N) is 3. The molecule has 0 aliphatic heterocycles. The van der Waals surface area contributed by atoms with E-state index in [2.05, 4.69) is 14.7 Å². The molecule has 0 spiro atoms. The lowest BCUT2D eigenvalue weighted by Crippen LogP contribution is -2.30. The first-order valence-electron chi connectivity index (χ1n) is 10.7. The monoisotopic (exact) mass is 552 g/mol. The second-order valence-corrected chi connectivity index (χ2v) is 11.3. The van der Waals surface area contributed by atoms with Crippen LogP contribution in [-0.4, -0.2) is 43.1 Å². The molecule has 4 aromatic rings. The number of aromatic nitrogens is 2. The van der Waals surface area contributed by atoms with Crippen LogP contribution in [0.2, 0.25) is 4.47 Å². The Bertz CT molecular complexity index is 1530. The van der Waals surface area contributed by atoms with Crippen LogP contribution in [0.5, 0.6) is 5.75 Å². The van der Waals surface area contributed by atoms with Crippen LogP contribution >= 0.6 is 23.1 Å². The van der Waals surface area contributed by atoms with Crippen molar-refractivity contribution >= 4 is 55.7 Å². The largest absolute Gasteiger partial charge is 0.489 e. The zero-order chi connectivity index (χ0) is 26.2. The molecule has 1 N–H and O–H groups in total. The minimum Gasteiger partial charge on any atom is -0.489 e. The Morgan fingerprint density at radius 1 is 1.28 bits per heavy atom. The summed E-state index contributed by atoms with van der Waals surface area (Å²) in [6.07, 6.45) is 0.730. The minimum atomic E-state index is -3.84. The number of sulfonamides is 1. The van der Waals surface area contributed by atoms with Crippen molar-refractivity contribution in [2.75, 3.05) is 17.6 Å². The summed E-state index contributed by atoms with van der Waals surface area (Å²) in [6.45, 7) is 3.38. The predicted molar refractivity (Wildman–Crippen MR) is 137 cm³/mol. The Morgan fingerprint density at radius 2 is 1.97 bits per heavy atom. The van der Waals surface area contributed by atoms with E-state index in [4.69, 9.17) is 20.8 Å². The SMILES string of the molecule is CNC(=O)c1c(-c2ccc(F)cc2)oc2cc(N(Cc3nsc(Cl)n3)S(C)(=O)=O)c(OC(C)C)cc12. The lowest BCUT2D eigenvalue weighted by molar-refractivity contribution is 0.0964. The van der Waals surface area contributed by atoms with Gasteiger partial charge in [-0.25, -0.2) is 17.8 Å². The average Bonchev–Trinajstić information content (AvgIpc) is 3.38. The molecule has 1 amide bonds. The molecule has 0 aliphatic rings. The number of carbonyl (C=O) groups is 1. The molecule has 0 radical (unpaired) electrons. The van der Waals surface area contributed by atoms with Crippen LogP contribution < -0.4 is 14.4 Å². The van der Waals surface area contributed by atoms with Crippen LogP contribution in [0.3, 0.4) is 0 Å². The minimum absolute atomic E-state index is 0.174. The van der Waals surface area contributed by atoms with E-state index >= 15 is 0 Å². The molecule has 2 aromatic heterocycles. The summed E-state index contributed by atoms with van der Waals surface area (Å²) < 4.78 is 56.6. The van der Waals surface area contributed by atoms with Crippen molar-refractivity contribution in [2.24, 2.45) is 0 Å². The van der Waals surface area contributed by atoms with Gasteiger partial charge in [0.15, 0.2) is 5.82 Å². The molecular formula is C23H22ClFN4O5S2. The molecule has 9 nitrogen and oxygen atoms in total. The van der Waals surface area contributed by atoms with Crippen LogP contribution in [-0.2, 0) is 16.6 Å². The van der Waals surface area contributed by atoms with Crippen molar-refractivity contribution in [1.29, 1.82) is 0 Å². The van der Waals surface area contributed by atoms with Gasteiger partial charge in [-0.2, -0.15) is 4.37 Å². The number of anilines is 1.